The summed E-state index contributed by atoms with van der Waals surface area (Å²) >= 11 is 0. The molecular formula is C25H28N2O3. The molecule has 1 unspecified atom stereocenters. The number of rotatable bonds is 2. The molecule has 2 aromatic heterocycles. The molecular weight excluding hydrogens is 376 g/mol. The largest absolute Gasteiger partial charge is 0.460 e. The van der Waals surface area contributed by atoms with E-state index in [2.05, 4.69) is 38.1 Å². The molecule has 5 heteroatoms. The van der Waals surface area contributed by atoms with Crippen molar-refractivity contribution < 1.29 is 9.53 Å². The highest BCUT2D eigenvalue weighted by atomic mass is 16.5. The van der Waals surface area contributed by atoms with E-state index in [4.69, 9.17) is 9.72 Å². The zero-order chi connectivity index (χ0) is 21.6. The first kappa shape index (κ1) is 20.3. The number of aromatic nitrogens is 2. The van der Waals surface area contributed by atoms with E-state index in [1.165, 1.54) is 5.56 Å². The number of hydrogen-bond donors (Lipinski definition) is 0. The minimum atomic E-state index is -0.375. The third kappa shape index (κ3) is 3.04. The van der Waals surface area contributed by atoms with Crippen LogP contribution >= 0.6 is 0 Å². The van der Waals surface area contributed by atoms with Crippen LogP contribution in [0.2, 0.25) is 0 Å². The number of hydrogen-bond acceptors (Lipinski definition) is 4. The average molecular weight is 405 g/mol. The van der Waals surface area contributed by atoms with Crippen molar-refractivity contribution in [3.8, 4) is 11.4 Å². The van der Waals surface area contributed by atoms with E-state index in [0.717, 1.165) is 33.4 Å². The van der Waals surface area contributed by atoms with Gasteiger partial charge >= 0.3 is 5.97 Å². The highest BCUT2D eigenvalue weighted by Crippen LogP contribution is 2.37. The second-order valence-corrected chi connectivity index (χ2v) is 8.03. The molecule has 2 aliphatic rings. The number of pyridine rings is 2. The number of esters is 1. The molecule has 0 fully saturated rings. The molecule has 2 aliphatic heterocycles. The lowest BCUT2D eigenvalue weighted by molar-refractivity contribution is -0.148. The minimum Gasteiger partial charge on any atom is -0.460 e. The Morgan fingerprint density at radius 3 is 2.63 bits per heavy atom. The molecule has 4 heterocycles. The lowest BCUT2D eigenvalue weighted by Gasteiger charge is -2.24. The summed E-state index contributed by atoms with van der Waals surface area (Å²) in [6.45, 7) is 10.9. The van der Waals surface area contributed by atoms with E-state index in [9.17, 15) is 9.59 Å². The lowest BCUT2D eigenvalue weighted by Crippen LogP contribution is -2.32. The molecule has 5 nitrogen and oxygen atoms in total. The minimum absolute atomic E-state index is 0.0628. The van der Waals surface area contributed by atoms with Gasteiger partial charge < -0.3 is 9.30 Å². The van der Waals surface area contributed by atoms with Crippen molar-refractivity contribution in [2.24, 2.45) is 0 Å². The number of ether oxygens (including phenoxy) is 1. The second kappa shape index (κ2) is 7.71. The predicted molar refractivity (Wildman–Crippen MR) is 119 cm³/mol. The monoisotopic (exact) mass is 404 g/mol. The Labute approximate surface area is 176 Å². The molecule has 30 heavy (non-hydrogen) atoms. The van der Waals surface area contributed by atoms with Gasteiger partial charge in [0.05, 0.1) is 34.9 Å². The number of carbonyl (C=O) groups is 1. The SMILES string of the molecule is CC.CCC1C(=O)OCc2c1cc1n(c2=O)Cc2cc3cc(C(C)C)ccc3nc2-1. The Morgan fingerprint density at radius 1 is 1.17 bits per heavy atom. The Bertz CT molecular complexity index is 1210. The Hall–Kier alpha value is -2.95. The quantitative estimate of drug-likeness (QED) is 0.435. The van der Waals surface area contributed by atoms with Crippen LogP contribution in [0.4, 0.5) is 0 Å². The first-order valence-electron chi connectivity index (χ1n) is 10.8. The molecule has 0 aliphatic carbocycles. The van der Waals surface area contributed by atoms with Crippen LogP contribution in [-0.2, 0) is 22.7 Å². The topological polar surface area (TPSA) is 61.2 Å². The summed E-state index contributed by atoms with van der Waals surface area (Å²) in [6, 6.07) is 10.5. The van der Waals surface area contributed by atoms with Crippen LogP contribution in [0.3, 0.4) is 0 Å². The second-order valence-electron chi connectivity index (χ2n) is 8.03. The fourth-order valence-electron chi connectivity index (χ4n) is 4.39. The standard InChI is InChI=1S/C23H22N2O3.C2H6/c1-4-16-17-9-20-21-15(10-25(20)22(26)18(17)11-28-23(16)27)8-14-7-13(12(2)3)5-6-19(14)24-21;1-2/h5-9,12,16H,4,10-11H2,1-3H3;1-2H3. The van der Waals surface area contributed by atoms with Crippen molar-refractivity contribution in [2.75, 3.05) is 0 Å². The summed E-state index contributed by atoms with van der Waals surface area (Å²) in [7, 11) is 0. The maximum atomic E-state index is 13.1. The molecule has 1 aromatic carbocycles. The summed E-state index contributed by atoms with van der Waals surface area (Å²) in [5.41, 5.74) is 6.25. The van der Waals surface area contributed by atoms with Gasteiger partial charge in [-0.2, -0.15) is 0 Å². The van der Waals surface area contributed by atoms with Crippen molar-refractivity contribution >= 4 is 16.9 Å². The van der Waals surface area contributed by atoms with Crippen LogP contribution in [0.5, 0.6) is 0 Å². The number of cyclic esters (lactones) is 1. The summed E-state index contributed by atoms with van der Waals surface area (Å²) in [5, 5.41) is 1.10. The van der Waals surface area contributed by atoms with E-state index in [0.29, 0.717) is 24.4 Å². The summed E-state index contributed by atoms with van der Waals surface area (Å²) in [4.78, 5) is 30.2. The molecule has 156 valence electrons. The van der Waals surface area contributed by atoms with Gasteiger partial charge in [0.25, 0.3) is 5.56 Å². The molecule has 0 amide bonds. The average Bonchev–Trinajstić information content (AvgIpc) is 3.11. The molecule has 0 saturated heterocycles. The molecule has 0 N–H and O–H groups in total. The van der Waals surface area contributed by atoms with Gasteiger partial charge in [0.2, 0.25) is 0 Å². The summed E-state index contributed by atoms with van der Waals surface area (Å²) in [6.07, 6.45) is 0.616. The van der Waals surface area contributed by atoms with Crippen LogP contribution in [0.1, 0.15) is 75.1 Å². The Kier molecular flexibility index (Phi) is 5.22. The molecule has 0 spiro atoms. The van der Waals surface area contributed by atoms with Crippen LogP contribution in [0.25, 0.3) is 22.3 Å². The Morgan fingerprint density at radius 2 is 1.93 bits per heavy atom. The number of benzene rings is 1. The number of nitrogens with zero attached hydrogens (tertiary/aromatic N) is 2. The van der Waals surface area contributed by atoms with E-state index in [-0.39, 0.29) is 24.1 Å². The van der Waals surface area contributed by atoms with Gasteiger partial charge in [0.1, 0.15) is 6.61 Å². The van der Waals surface area contributed by atoms with Crippen molar-refractivity contribution in [1.29, 1.82) is 0 Å². The lowest BCUT2D eigenvalue weighted by atomic mass is 9.90. The molecule has 0 bridgehead atoms. The fraction of sp³-hybridized carbons (Fsp3) is 0.400. The molecule has 3 aromatic rings. The van der Waals surface area contributed by atoms with E-state index in [1.807, 2.05) is 26.8 Å². The Balaban J connectivity index is 0.00000106. The number of carbonyl (C=O) groups excluding carboxylic acids is 1. The normalized spacial score (nSPS) is 16.5. The van der Waals surface area contributed by atoms with Gasteiger partial charge in [-0.05, 0) is 47.7 Å². The predicted octanol–water partition coefficient (Wildman–Crippen LogP) is 5.13. The molecule has 0 radical (unpaired) electrons. The van der Waals surface area contributed by atoms with Crippen LogP contribution < -0.4 is 5.56 Å². The van der Waals surface area contributed by atoms with Gasteiger partial charge in [-0.25, -0.2) is 4.98 Å². The van der Waals surface area contributed by atoms with Gasteiger partial charge in [0, 0.05) is 10.9 Å². The van der Waals surface area contributed by atoms with Gasteiger partial charge in [0.15, 0.2) is 0 Å². The first-order valence-corrected chi connectivity index (χ1v) is 10.8. The van der Waals surface area contributed by atoms with E-state index in [1.54, 1.807) is 4.57 Å². The van der Waals surface area contributed by atoms with Gasteiger partial charge in [-0.15, -0.1) is 0 Å². The summed E-state index contributed by atoms with van der Waals surface area (Å²) < 4.78 is 7.02. The zero-order valence-corrected chi connectivity index (χ0v) is 18.3. The molecule has 1 atom stereocenters. The number of fused-ring (bicyclic) bond motifs is 5. The van der Waals surface area contributed by atoms with Gasteiger partial charge in [-0.3, -0.25) is 9.59 Å². The highest BCUT2D eigenvalue weighted by Gasteiger charge is 2.33. The van der Waals surface area contributed by atoms with Gasteiger partial charge in [-0.1, -0.05) is 40.7 Å². The van der Waals surface area contributed by atoms with E-state index < -0.39 is 0 Å². The van der Waals surface area contributed by atoms with Crippen LogP contribution in [-0.4, -0.2) is 15.5 Å². The third-order valence-electron chi connectivity index (χ3n) is 6.02. The van der Waals surface area contributed by atoms with Crippen LogP contribution in [0.15, 0.2) is 35.1 Å². The van der Waals surface area contributed by atoms with E-state index >= 15 is 0 Å². The molecule has 0 saturated carbocycles. The van der Waals surface area contributed by atoms with Crippen molar-refractivity contribution in [3.05, 3.63) is 62.9 Å². The molecule has 5 rings (SSSR count). The maximum Gasteiger partial charge on any atom is 0.313 e. The summed E-state index contributed by atoms with van der Waals surface area (Å²) in [5.74, 6) is -0.168. The third-order valence-corrected chi connectivity index (χ3v) is 6.02. The maximum absolute atomic E-state index is 13.1. The smallest absolute Gasteiger partial charge is 0.313 e. The van der Waals surface area contributed by atoms with Crippen LogP contribution in [0, 0.1) is 0 Å². The highest BCUT2D eigenvalue weighted by molar-refractivity contribution is 5.85. The van der Waals surface area contributed by atoms with Crippen molar-refractivity contribution in [2.45, 2.75) is 66.0 Å². The zero-order valence-electron chi connectivity index (χ0n) is 18.3. The van der Waals surface area contributed by atoms with Crippen molar-refractivity contribution in [1.82, 2.24) is 9.55 Å². The first-order chi connectivity index (χ1) is 14.5. The fourth-order valence-corrected chi connectivity index (χ4v) is 4.39. The van der Waals surface area contributed by atoms with Crippen molar-refractivity contribution in [3.63, 3.8) is 0 Å².